The summed E-state index contributed by atoms with van der Waals surface area (Å²) in [4.78, 5) is 3.99. The van der Waals surface area contributed by atoms with Crippen LogP contribution in [0.4, 0.5) is 4.39 Å². The molecule has 0 radical (unpaired) electrons. The van der Waals surface area contributed by atoms with E-state index in [1.54, 1.807) is 12.3 Å². The van der Waals surface area contributed by atoms with E-state index in [1.165, 1.54) is 17.3 Å². The first-order chi connectivity index (χ1) is 9.78. The maximum atomic E-state index is 13.4. The van der Waals surface area contributed by atoms with Gasteiger partial charge in [0.15, 0.2) is 0 Å². The summed E-state index contributed by atoms with van der Waals surface area (Å²) in [6.07, 6.45) is 5.13. The van der Waals surface area contributed by atoms with E-state index in [-0.39, 0.29) is 11.9 Å². The van der Waals surface area contributed by atoms with Gasteiger partial charge in [0.25, 0.3) is 0 Å². The summed E-state index contributed by atoms with van der Waals surface area (Å²) in [6, 6.07) is 10.3. The van der Waals surface area contributed by atoms with E-state index in [4.69, 9.17) is 0 Å². The van der Waals surface area contributed by atoms with E-state index in [1.807, 2.05) is 0 Å². The molecule has 1 aromatic heterocycles. The number of nitrogens with zero attached hydrogens (tertiary/aromatic N) is 1. The van der Waals surface area contributed by atoms with Crippen molar-refractivity contribution in [3.63, 3.8) is 0 Å². The van der Waals surface area contributed by atoms with Gasteiger partial charge >= 0.3 is 0 Å². The molecule has 1 unspecified atom stereocenters. The van der Waals surface area contributed by atoms with Gasteiger partial charge in [-0.25, -0.2) is 4.39 Å². The highest BCUT2D eigenvalue weighted by atomic mass is 19.1. The normalized spacial score (nSPS) is 16.1. The molecule has 0 spiro atoms. The molecule has 0 fully saturated rings. The molecule has 104 valence electrons. The quantitative estimate of drug-likeness (QED) is 0.922. The predicted octanol–water partition coefficient (Wildman–Crippen LogP) is 3.29. The average Bonchev–Trinajstić information content (AvgIpc) is 2.88. The lowest BCUT2D eigenvalue weighted by atomic mass is 9.91. The van der Waals surface area contributed by atoms with Crippen molar-refractivity contribution in [3.05, 3.63) is 65.2 Å². The maximum absolute atomic E-state index is 13.4. The van der Waals surface area contributed by atoms with Crippen molar-refractivity contribution in [1.82, 2.24) is 10.3 Å². The van der Waals surface area contributed by atoms with Crippen LogP contribution in [0, 0.1) is 11.7 Å². The van der Waals surface area contributed by atoms with Gasteiger partial charge in [0.05, 0.1) is 6.20 Å². The van der Waals surface area contributed by atoms with E-state index >= 15 is 0 Å². The predicted molar refractivity (Wildman–Crippen MR) is 78.0 cm³/mol. The van der Waals surface area contributed by atoms with Crippen LogP contribution in [0.25, 0.3) is 0 Å². The number of rotatable bonds is 4. The lowest BCUT2D eigenvalue weighted by Crippen LogP contribution is -2.29. The van der Waals surface area contributed by atoms with Gasteiger partial charge in [-0.15, -0.1) is 0 Å². The summed E-state index contributed by atoms with van der Waals surface area (Å²) in [5.41, 5.74) is 3.79. The minimum absolute atomic E-state index is 0.163. The highest BCUT2D eigenvalue weighted by Gasteiger charge is 2.29. The molecule has 3 rings (SSSR count). The van der Waals surface area contributed by atoms with E-state index in [9.17, 15) is 4.39 Å². The zero-order chi connectivity index (χ0) is 13.9. The van der Waals surface area contributed by atoms with Gasteiger partial charge in [-0.1, -0.05) is 31.2 Å². The molecule has 0 saturated carbocycles. The number of nitrogens with one attached hydrogen (secondary N) is 1. The Kier molecular flexibility index (Phi) is 3.79. The second-order valence-corrected chi connectivity index (χ2v) is 5.41. The molecule has 0 aliphatic heterocycles. The zero-order valence-electron chi connectivity index (χ0n) is 11.6. The smallest absolute Gasteiger partial charge is 0.141 e. The first kappa shape index (κ1) is 13.3. The molecule has 2 aromatic rings. The summed E-state index contributed by atoms with van der Waals surface area (Å²) in [7, 11) is 0. The fraction of sp³-hybridized carbons (Fsp3) is 0.353. The summed E-state index contributed by atoms with van der Waals surface area (Å²) in [6.45, 7) is 2.95. The van der Waals surface area contributed by atoms with Crippen LogP contribution in [-0.4, -0.2) is 11.5 Å². The summed E-state index contributed by atoms with van der Waals surface area (Å²) in [5, 5.41) is 3.50. The molecule has 2 nitrogen and oxygen atoms in total. The molecule has 1 heterocycles. The molecular weight excluding hydrogens is 251 g/mol. The lowest BCUT2D eigenvalue weighted by molar-refractivity contribution is 0.378. The van der Waals surface area contributed by atoms with Crippen molar-refractivity contribution in [2.75, 3.05) is 6.54 Å². The highest BCUT2D eigenvalue weighted by Crippen LogP contribution is 2.35. The van der Waals surface area contributed by atoms with Crippen molar-refractivity contribution < 1.29 is 4.39 Å². The Bertz CT molecular complexity index is 572. The number of fused-ring (bicyclic) bond motifs is 1. The van der Waals surface area contributed by atoms with Crippen LogP contribution in [0.1, 0.15) is 29.7 Å². The third-order valence-electron chi connectivity index (χ3n) is 4.06. The molecule has 0 bridgehead atoms. The largest absolute Gasteiger partial charge is 0.310 e. The van der Waals surface area contributed by atoms with Crippen molar-refractivity contribution in [3.8, 4) is 0 Å². The number of benzene rings is 1. The molecule has 0 amide bonds. The van der Waals surface area contributed by atoms with Crippen LogP contribution in [0.5, 0.6) is 0 Å². The number of hydrogen-bond acceptors (Lipinski definition) is 2. The Hall–Kier alpha value is -1.74. The van der Waals surface area contributed by atoms with Gasteiger partial charge in [0.2, 0.25) is 0 Å². The molecular formula is C17H19FN2. The molecule has 0 saturated heterocycles. The Labute approximate surface area is 119 Å². The van der Waals surface area contributed by atoms with Crippen molar-refractivity contribution >= 4 is 0 Å². The fourth-order valence-corrected chi connectivity index (χ4v) is 3.20. The third kappa shape index (κ3) is 2.59. The second kappa shape index (κ2) is 5.71. The minimum Gasteiger partial charge on any atom is -0.310 e. The molecule has 1 aromatic carbocycles. The molecule has 1 aliphatic rings. The molecule has 1 atom stereocenters. The van der Waals surface area contributed by atoms with Crippen LogP contribution in [0.15, 0.2) is 42.7 Å². The highest BCUT2D eigenvalue weighted by molar-refractivity contribution is 5.34. The van der Waals surface area contributed by atoms with Crippen LogP contribution in [-0.2, 0) is 12.8 Å². The maximum Gasteiger partial charge on any atom is 0.141 e. The minimum atomic E-state index is -0.263. The van der Waals surface area contributed by atoms with Crippen molar-refractivity contribution in [2.45, 2.75) is 25.8 Å². The Morgan fingerprint density at radius 2 is 1.95 bits per heavy atom. The van der Waals surface area contributed by atoms with E-state index in [0.29, 0.717) is 5.92 Å². The monoisotopic (exact) mass is 270 g/mol. The number of halogens is 1. The van der Waals surface area contributed by atoms with Crippen molar-refractivity contribution in [1.29, 1.82) is 0 Å². The zero-order valence-corrected chi connectivity index (χ0v) is 11.6. The van der Waals surface area contributed by atoms with Crippen LogP contribution >= 0.6 is 0 Å². The topological polar surface area (TPSA) is 24.9 Å². The first-order valence-corrected chi connectivity index (χ1v) is 7.18. The Morgan fingerprint density at radius 3 is 2.55 bits per heavy atom. The lowest BCUT2D eigenvalue weighted by Gasteiger charge is -2.24. The van der Waals surface area contributed by atoms with Crippen LogP contribution in [0.3, 0.4) is 0 Å². The molecule has 20 heavy (non-hydrogen) atoms. The van der Waals surface area contributed by atoms with Gasteiger partial charge < -0.3 is 5.32 Å². The van der Waals surface area contributed by atoms with Crippen LogP contribution < -0.4 is 5.32 Å². The van der Waals surface area contributed by atoms with Gasteiger partial charge in [-0.05, 0) is 48.1 Å². The van der Waals surface area contributed by atoms with E-state index in [0.717, 1.165) is 24.9 Å². The molecule has 1 N–H and O–H groups in total. The van der Waals surface area contributed by atoms with Gasteiger partial charge in [-0.3, -0.25) is 4.98 Å². The SMILES string of the molecule is CCNC(c1cncc(F)c1)C1Cc2ccccc2C1. The van der Waals surface area contributed by atoms with Gasteiger partial charge in [0, 0.05) is 12.2 Å². The van der Waals surface area contributed by atoms with Crippen LogP contribution in [0.2, 0.25) is 0 Å². The van der Waals surface area contributed by atoms with E-state index < -0.39 is 0 Å². The molecule has 1 aliphatic carbocycles. The van der Waals surface area contributed by atoms with Gasteiger partial charge in [0.1, 0.15) is 5.82 Å². The number of aromatic nitrogens is 1. The Morgan fingerprint density at radius 1 is 1.25 bits per heavy atom. The average molecular weight is 270 g/mol. The summed E-state index contributed by atoms with van der Waals surface area (Å²) in [5.74, 6) is 0.205. The second-order valence-electron chi connectivity index (χ2n) is 5.41. The Balaban J connectivity index is 1.86. The standard InChI is InChI=1S/C17H19FN2/c1-2-20-17(15-9-16(18)11-19-10-15)14-7-12-5-3-4-6-13(12)8-14/h3-6,9-11,14,17,20H,2,7-8H2,1H3. The first-order valence-electron chi connectivity index (χ1n) is 7.18. The third-order valence-corrected chi connectivity index (χ3v) is 4.06. The summed E-state index contributed by atoms with van der Waals surface area (Å²) < 4.78 is 13.4. The fourth-order valence-electron chi connectivity index (χ4n) is 3.20. The summed E-state index contributed by atoms with van der Waals surface area (Å²) >= 11 is 0. The molecule has 3 heteroatoms. The number of hydrogen-bond donors (Lipinski definition) is 1. The number of pyridine rings is 1. The van der Waals surface area contributed by atoms with E-state index in [2.05, 4.69) is 41.5 Å². The van der Waals surface area contributed by atoms with Crippen molar-refractivity contribution in [2.24, 2.45) is 5.92 Å². The van der Waals surface area contributed by atoms with Gasteiger partial charge in [-0.2, -0.15) is 0 Å².